The maximum absolute atomic E-state index is 11.7. The molecule has 0 saturated carbocycles. The van der Waals surface area contributed by atoms with Crippen LogP contribution < -0.4 is 10.1 Å². The normalized spacial score (nSPS) is 10.1. The predicted molar refractivity (Wildman–Crippen MR) is 90.5 cm³/mol. The molecule has 0 bridgehead atoms. The fraction of sp³-hybridized carbons (Fsp3) is 0.188. The van der Waals surface area contributed by atoms with Crippen LogP contribution in [0.3, 0.4) is 0 Å². The minimum Gasteiger partial charge on any atom is -0.491 e. The summed E-state index contributed by atoms with van der Waals surface area (Å²) in [5.74, 6) is 0.625. The number of rotatable bonds is 7. The minimum atomic E-state index is -0.170. The number of benzene rings is 2. The maximum atomic E-state index is 11.7. The molecule has 2 rings (SSSR count). The number of nitrogens with one attached hydrogen (secondary N) is 1. The lowest BCUT2D eigenvalue weighted by atomic mass is 10.3. The van der Waals surface area contributed by atoms with Crippen molar-refractivity contribution in [3.05, 3.63) is 58.2 Å². The van der Waals surface area contributed by atoms with Gasteiger partial charge in [-0.25, -0.2) is 0 Å². The van der Waals surface area contributed by atoms with E-state index in [4.69, 9.17) is 9.47 Å². The van der Waals surface area contributed by atoms with Crippen molar-refractivity contribution in [2.45, 2.75) is 0 Å². The van der Waals surface area contributed by atoms with Crippen LogP contribution in [0.2, 0.25) is 0 Å². The van der Waals surface area contributed by atoms with Gasteiger partial charge in [-0.15, -0.1) is 0 Å². The maximum Gasteiger partial charge on any atom is 0.250 e. The van der Waals surface area contributed by atoms with Crippen molar-refractivity contribution in [3.8, 4) is 5.75 Å². The molecule has 1 amide bonds. The number of para-hydroxylation sites is 1. The van der Waals surface area contributed by atoms with E-state index in [1.165, 1.54) is 0 Å². The van der Waals surface area contributed by atoms with Gasteiger partial charge in [-0.2, -0.15) is 0 Å². The van der Waals surface area contributed by atoms with Gasteiger partial charge in [-0.05, 0) is 59.0 Å². The third kappa shape index (κ3) is 6.14. The molecule has 0 aliphatic heterocycles. The molecule has 0 fully saturated rings. The fourth-order valence-electron chi connectivity index (χ4n) is 1.63. The van der Waals surface area contributed by atoms with Crippen LogP contribution in [0.5, 0.6) is 5.75 Å². The Morgan fingerprint density at radius 2 is 1.71 bits per heavy atom. The molecule has 0 unspecified atom stereocenters. The Morgan fingerprint density at radius 3 is 2.43 bits per heavy atom. The van der Waals surface area contributed by atoms with Crippen LogP contribution in [0.4, 0.5) is 5.69 Å². The van der Waals surface area contributed by atoms with Crippen LogP contribution in [-0.2, 0) is 9.53 Å². The molecule has 0 atom stereocenters. The highest BCUT2D eigenvalue weighted by Gasteiger charge is 2.02. The Kier molecular flexibility index (Phi) is 6.49. The first-order valence-electron chi connectivity index (χ1n) is 6.55. The van der Waals surface area contributed by atoms with Gasteiger partial charge in [0.05, 0.1) is 6.61 Å². The summed E-state index contributed by atoms with van der Waals surface area (Å²) in [5, 5.41) is 2.77. The number of carbonyl (C=O) groups excluding carboxylic acids is 1. The van der Waals surface area contributed by atoms with Crippen LogP contribution in [0.1, 0.15) is 0 Å². The summed E-state index contributed by atoms with van der Waals surface area (Å²) < 4.78 is 11.9. The highest BCUT2D eigenvalue weighted by molar-refractivity contribution is 14.1. The fourth-order valence-corrected chi connectivity index (χ4v) is 1.99. The van der Waals surface area contributed by atoms with Gasteiger partial charge in [0.15, 0.2) is 0 Å². The average molecular weight is 397 g/mol. The van der Waals surface area contributed by atoms with Gasteiger partial charge in [-0.3, -0.25) is 4.79 Å². The van der Waals surface area contributed by atoms with Crippen molar-refractivity contribution in [2.24, 2.45) is 0 Å². The highest BCUT2D eigenvalue weighted by Crippen LogP contribution is 2.11. The van der Waals surface area contributed by atoms with Gasteiger partial charge in [0, 0.05) is 9.26 Å². The predicted octanol–water partition coefficient (Wildman–Crippen LogP) is 3.33. The molecule has 21 heavy (non-hydrogen) atoms. The first-order chi connectivity index (χ1) is 10.2. The van der Waals surface area contributed by atoms with E-state index in [9.17, 15) is 4.79 Å². The lowest BCUT2D eigenvalue weighted by Crippen LogP contribution is -2.20. The molecular formula is C16H16INO3. The summed E-state index contributed by atoms with van der Waals surface area (Å²) in [6.45, 7) is 0.806. The zero-order valence-corrected chi connectivity index (χ0v) is 13.6. The molecule has 110 valence electrons. The summed E-state index contributed by atoms with van der Waals surface area (Å²) in [5.41, 5.74) is 0.768. The standard InChI is InChI=1S/C16H16INO3/c17-13-6-8-14(9-7-13)18-16(19)12-20-10-11-21-15-4-2-1-3-5-15/h1-9H,10-12H2,(H,18,19). The molecule has 4 nitrogen and oxygen atoms in total. The molecule has 0 aromatic heterocycles. The molecule has 0 aliphatic carbocycles. The molecule has 1 N–H and O–H groups in total. The van der Waals surface area contributed by atoms with Crippen molar-refractivity contribution in [3.63, 3.8) is 0 Å². The highest BCUT2D eigenvalue weighted by atomic mass is 127. The van der Waals surface area contributed by atoms with E-state index in [0.717, 1.165) is 15.0 Å². The summed E-state index contributed by atoms with van der Waals surface area (Å²) in [6.07, 6.45) is 0. The number of hydrogen-bond acceptors (Lipinski definition) is 3. The Balaban J connectivity index is 1.60. The van der Waals surface area contributed by atoms with Crippen LogP contribution in [0, 0.1) is 3.57 Å². The van der Waals surface area contributed by atoms with Crippen molar-refractivity contribution < 1.29 is 14.3 Å². The Morgan fingerprint density at radius 1 is 1.00 bits per heavy atom. The molecule has 0 radical (unpaired) electrons. The Hall–Kier alpha value is -1.60. The summed E-state index contributed by atoms with van der Waals surface area (Å²) >= 11 is 2.22. The van der Waals surface area contributed by atoms with E-state index in [1.807, 2.05) is 54.6 Å². The molecular weight excluding hydrogens is 381 g/mol. The smallest absolute Gasteiger partial charge is 0.250 e. The van der Waals surface area contributed by atoms with Gasteiger partial charge in [-0.1, -0.05) is 18.2 Å². The first kappa shape index (κ1) is 15.8. The SMILES string of the molecule is O=C(COCCOc1ccccc1)Nc1ccc(I)cc1. The molecule has 0 saturated heterocycles. The monoisotopic (exact) mass is 397 g/mol. The number of amides is 1. The molecule has 0 aliphatic rings. The largest absolute Gasteiger partial charge is 0.491 e. The zero-order valence-electron chi connectivity index (χ0n) is 11.4. The van der Waals surface area contributed by atoms with Crippen molar-refractivity contribution in [1.29, 1.82) is 0 Å². The van der Waals surface area contributed by atoms with Crippen LogP contribution in [0.15, 0.2) is 54.6 Å². The van der Waals surface area contributed by atoms with Crippen molar-refractivity contribution in [1.82, 2.24) is 0 Å². The average Bonchev–Trinajstić information content (AvgIpc) is 2.50. The van der Waals surface area contributed by atoms with Crippen LogP contribution in [0.25, 0.3) is 0 Å². The number of ether oxygens (including phenoxy) is 2. The molecule has 2 aromatic rings. The van der Waals surface area contributed by atoms with E-state index >= 15 is 0 Å². The number of anilines is 1. The van der Waals surface area contributed by atoms with E-state index in [1.54, 1.807) is 0 Å². The second-order valence-electron chi connectivity index (χ2n) is 4.27. The second kappa shape index (κ2) is 8.63. The third-order valence-corrected chi connectivity index (χ3v) is 3.32. The van der Waals surface area contributed by atoms with Crippen LogP contribution in [-0.4, -0.2) is 25.7 Å². The quantitative estimate of drug-likeness (QED) is 0.576. The van der Waals surface area contributed by atoms with Gasteiger partial charge < -0.3 is 14.8 Å². The molecule has 5 heteroatoms. The van der Waals surface area contributed by atoms with Crippen molar-refractivity contribution >= 4 is 34.2 Å². The first-order valence-corrected chi connectivity index (χ1v) is 7.63. The Bertz CT molecular complexity index is 557. The minimum absolute atomic E-state index is 0.0180. The Labute approximate surface area is 137 Å². The van der Waals surface area contributed by atoms with E-state index in [0.29, 0.717) is 13.2 Å². The van der Waals surface area contributed by atoms with Gasteiger partial charge in [0.25, 0.3) is 0 Å². The van der Waals surface area contributed by atoms with Gasteiger partial charge in [0.1, 0.15) is 19.0 Å². The second-order valence-corrected chi connectivity index (χ2v) is 5.51. The van der Waals surface area contributed by atoms with Gasteiger partial charge in [0.2, 0.25) is 5.91 Å². The lowest BCUT2D eigenvalue weighted by molar-refractivity contribution is -0.120. The van der Waals surface area contributed by atoms with E-state index < -0.39 is 0 Å². The van der Waals surface area contributed by atoms with Gasteiger partial charge >= 0.3 is 0 Å². The lowest BCUT2D eigenvalue weighted by Gasteiger charge is -2.08. The summed E-state index contributed by atoms with van der Waals surface area (Å²) in [4.78, 5) is 11.7. The number of halogens is 1. The van der Waals surface area contributed by atoms with Crippen LogP contribution >= 0.6 is 22.6 Å². The molecule has 0 spiro atoms. The third-order valence-electron chi connectivity index (χ3n) is 2.60. The topological polar surface area (TPSA) is 47.6 Å². The van der Waals surface area contributed by atoms with Crippen molar-refractivity contribution in [2.75, 3.05) is 25.1 Å². The summed E-state index contributed by atoms with van der Waals surface area (Å²) in [7, 11) is 0. The van der Waals surface area contributed by atoms with E-state index in [-0.39, 0.29) is 12.5 Å². The zero-order chi connectivity index (χ0) is 14.9. The van der Waals surface area contributed by atoms with E-state index in [2.05, 4.69) is 27.9 Å². The number of carbonyl (C=O) groups is 1. The summed E-state index contributed by atoms with van der Waals surface area (Å²) in [6, 6.07) is 17.1. The molecule has 0 heterocycles. The molecule has 2 aromatic carbocycles. The number of hydrogen-bond donors (Lipinski definition) is 1.